The van der Waals surface area contributed by atoms with Crippen molar-refractivity contribution in [2.75, 3.05) is 31.5 Å². The van der Waals surface area contributed by atoms with Gasteiger partial charge in [-0.15, -0.1) is 10.2 Å². The van der Waals surface area contributed by atoms with E-state index in [0.29, 0.717) is 18.2 Å². The van der Waals surface area contributed by atoms with Gasteiger partial charge in [-0.2, -0.15) is 0 Å². The lowest BCUT2D eigenvalue weighted by atomic mass is 10.5. The van der Waals surface area contributed by atoms with Gasteiger partial charge in [-0.05, 0) is 11.8 Å². The summed E-state index contributed by atoms with van der Waals surface area (Å²) in [5.74, 6) is 6.49. The number of hydrogen-bond donors (Lipinski definition) is 2. The maximum atomic E-state index is 5.40. The SMILES string of the molecule is COCc1nc(NN)cc(Sc2nnc(N(C)C)s2)n1. The number of nitrogens with two attached hydrogens (primary N) is 1. The molecule has 0 saturated carbocycles. The molecule has 0 aliphatic heterocycles. The Morgan fingerprint density at radius 2 is 2.20 bits per heavy atom. The fourth-order valence-corrected chi connectivity index (χ4v) is 3.04. The molecular formula is C10H15N7OS2. The Hall–Kier alpha value is -1.49. The van der Waals surface area contributed by atoms with Crippen molar-refractivity contribution in [3.63, 3.8) is 0 Å². The lowest BCUT2D eigenvalue weighted by molar-refractivity contribution is 0.177. The third-order valence-electron chi connectivity index (χ3n) is 2.14. The third kappa shape index (κ3) is 3.76. The van der Waals surface area contributed by atoms with Crippen LogP contribution in [-0.4, -0.2) is 41.4 Å². The Balaban J connectivity index is 2.20. The van der Waals surface area contributed by atoms with Crippen LogP contribution in [0.25, 0.3) is 0 Å². The third-order valence-corrected chi connectivity index (χ3v) is 4.20. The number of nitrogen functional groups attached to an aromatic ring is 1. The number of nitrogens with one attached hydrogen (secondary N) is 1. The van der Waals surface area contributed by atoms with E-state index < -0.39 is 0 Å². The van der Waals surface area contributed by atoms with Gasteiger partial charge in [0.1, 0.15) is 17.5 Å². The second kappa shape index (κ2) is 6.79. The zero-order valence-corrected chi connectivity index (χ0v) is 13.0. The standard InChI is InChI=1S/C10H15N7OS2/c1-17(2)9-15-16-10(20-9)19-8-4-6(14-11)12-7(13-8)5-18-3/h4H,5,11H2,1-3H3,(H,12,13,14). The van der Waals surface area contributed by atoms with Gasteiger partial charge in [0.25, 0.3) is 0 Å². The molecule has 0 unspecified atom stereocenters. The van der Waals surface area contributed by atoms with Crippen LogP contribution in [0.2, 0.25) is 0 Å². The van der Waals surface area contributed by atoms with Crippen LogP contribution in [0.15, 0.2) is 15.4 Å². The van der Waals surface area contributed by atoms with Gasteiger partial charge >= 0.3 is 0 Å². The minimum Gasteiger partial charge on any atom is -0.377 e. The van der Waals surface area contributed by atoms with Gasteiger partial charge in [-0.1, -0.05) is 11.3 Å². The van der Waals surface area contributed by atoms with Gasteiger partial charge in [0.05, 0.1) is 0 Å². The predicted molar refractivity (Wildman–Crippen MR) is 78.9 cm³/mol. The highest BCUT2D eigenvalue weighted by atomic mass is 32.2. The summed E-state index contributed by atoms with van der Waals surface area (Å²) in [6, 6.07) is 1.75. The van der Waals surface area contributed by atoms with E-state index in [2.05, 4.69) is 25.6 Å². The number of nitrogens with zero attached hydrogens (tertiary/aromatic N) is 5. The first-order chi connectivity index (χ1) is 9.62. The Kier molecular flexibility index (Phi) is 5.06. The van der Waals surface area contributed by atoms with Crippen molar-refractivity contribution in [1.82, 2.24) is 20.2 Å². The van der Waals surface area contributed by atoms with E-state index in [1.54, 1.807) is 13.2 Å². The van der Waals surface area contributed by atoms with Gasteiger partial charge in [-0.3, -0.25) is 0 Å². The molecule has 0 amide bonds. The summed E-state index contributed by atoms with van der Waals surface area (Å²) in [5, 5.41) is 9.77. The zero-order valence-electron chi connectivity index (χ0n) is 11.3. The van der Waals surface area contributed by atoms with Crippen molar-refractivity contribution in [3.05, 3.63) is 11.9 Å². The summed E-state index contributed by atoms with van der Waals surface area (Å²) in [6.45, 7) is 0.322. The van der Waals surface area contributed by atoms with Gasteiger partial charge in [0, 0.05) is 27.3 Å². The molecule has 0 atom stereocenters. The van der Waals surface area contributed by atoms with Crippen LogP contribution in [0.3, 0.4) is 0 Å². The van der Waals surface area contributed by atoms with Crippen molar-refractivity contribution >= 4 is 34.0 Å². The van der Waals surface area contributed by atoms with E-state index >= 15 is 0 Å². The van der Waals surface area contributed by atoms with E-state index in [0.717, 1.165) is 14.5 Å². The molecule has 2 aromatic heterocycles. The molecule has 20 heavy (non-hydrogen) atoms. The fourth-order valence-electron chi connectivity index (χ4n) is 1.31. The Labute approximate surface area is 124 Å². The molecule has 2 rings (SSSR count). The summed E-state index contributed by atoms with van der Waals surface area (Å²) < 4.78 is 5.84. The molecule has 0 fully saturated rings. The average molecular weight is 313 g/mol. The number of aromatic nitrogens is 4. The summed E-state index contributed by atoms with van der Waals surface area (Å²) in [7, 11) is 5.44. The highest BCUT2D eigenvalue weighted by Gasteiger charge is 2.10. The first-order valence-corrected chi connectivity index (χ1v) is 7.28. The minimum atomic E-state index is 0.322. The maximum absolute atomic E-state index is 5.40. The normalized spacial score (nSPS) is 10.6. The Morgan fingerprint density at radius 3 is 2.80 bits per heavy atom. The molecule has 2 aromatic rings. The smallest absolute Gasteiger partial charge is 0.208 e. The van der Waals surface area contributed by atoms with Crippen LogP contribution in [0.5, 0.6) is 0 Å². The Morgan fingerprint density at radius 1 is 1.40 bits per heavy atom. The first-order valence-electron chi connectivity index (χ1n) is 5.64. The highest BCUT2D eigenvalue weighted by molar-refractivity contribution is 8.01. The summed E-state index contributed by atoms with van der Waals surface area (Å²) in [6.07, 6.45) is 0. The van der Waals surface area contributed by atoms with E-state index in [-0.39, 0.29) is 0 Å². The van der Waals surface area contributed by atoms with Crippen molar-refractivity contribution in [2.24, 2.45) is 5.84 Å². The van der Waals surface area contributed by atoms with Gasteiger partial charge < -0.3 is 15.1 Å². The number of rotatable bonds is 6. The van der Waals surface area contributed by atoms with Crippen LogP contribution in [0.4, 0.5) is 10.9 Å². The molecule has 0 aliphatic carbocycles. The van der Waals surface area contributed by atoms with Crippen molar-refractivity contribution in [2.45, 2.75) is 16.0 Å². The van der Waals surface area contributed by atoms with E-state index in [1.807, 2.05) is 19.0 Å². The number of hydrazine groups is 1. The quantitative estimate of drug-likeness (QED) is 0.459. The molecule has 0 aromatic carbocycles. The van der Waals surface area contributed by atoms with Gasteiger partial charge in [-0.25, -0.2) is 15.8 Å². The lowest BCUT2D eigenvalue weighted by Crippen LogP contribution is -2.11. The van der Waals surface area contributed by atoms with Gasteiger partial charge in [0.15, 0.2) is 10.2 Å². The monoisotopic (exact) mass is 313 g/mol. The van der Waals surface area contributed by atoms with Crippen molar-refractivity contribution < 1.29 is 4.74 Å². The van der Waals surface area contributed by atoms with Crippen LogP contribution in [0, 0.1) is 0 Å². The van der Waals surface area contributed by atoms with Crippen molar-refractivity contribution in [3.8, 4) is 0 Å². The average Bonchev–Trinajstić information content (AvgIpc) is 2.87. The molecule has 0 bridgehead atoms. The molecule has 108 valence electrons. The van der Waals surface area contributed by atoms with Crippen LogP contribution in [0.1, 0.15) is 5.82 Å². The minimum absolute atomic E-state index is 0.322. The number of methoxy groups -OCH3 is 1. The van der Waals surface area contributed by atoms with Gasteiger partial charge in [0.2, 0.25) is 5.13 Å². The molecule has 8 nitrogen and oxygen atoms in total. The number of hydrogen-bond acceptors (Lipinski definition) is 10. The molecular weight excluding hydrogens is 298 g/mol. The molecule has 10 heteroatoms. The van der Waals surface area contributed by atoms with E-state index in [4.69, 9.17) is 10.6 Å². The first kappa shape index (κ1) is 14.9. The second-order valence-corrected chi connectivity index (χ2v) is 6.16. The van der Waals surface area contributed by atoms with E-state index in [9.17, 15) is 0 Å². The summed E-state index contributed by atoms with van der Waals surface area (Å²) in [5.41, 5.74) is 2.51. The van der Waals surface area contributed by atoms with Crippen LogP contribution >= 0.6 is 23.1 Å². The number of anilines is 2. The Bertz CT molecular complexity index is 574. The fraction of sp³-hybridized carbons (Fsp3) is 0.400. The molecule has 0 saturated heterocycles. The largest absolute Gasteiger partial charge is 0.377 e. The topological polar surface area (TPSA) is 102 Å². The number of ether oxygens (including phenoxy) is 1. The molecule has 0 spiro atoms. The predicted octanol–water partition coefficient (Wildman–Crippen LogP) is 0.977. The van der Waals surface area contributed by atoms with Crippen molar-refractivity contribution in [1.29, 1.82) is 0 Å². The summed E-state index contributed by atoms with van der Waals surface area (Å²) in [4.78, 5) is 10.5. The summed E-state index contributed by atoms with van der Waals surface area (Å²) >= 11 is 2.90. The molecule has 2 heterocycles. The maximum Gasteiger partial charge on any atom is 0.208 e. The second-order valence-electron chi connectivity index (χ2n) is 3.93. The van der Waals surface area contributed by atoms with E-state index in [1.165, 1.54) is 23.1 Å². The van der Waals surface area contributed by atoms with Crippen LogP contribution < -0.4 is 16.2 Å². The van der Waals surface area contributed by atoms with Crippen LogP contribution in [-0.2, 0) is 11.3 Å². The molecule has 3 N–H and O–H groups in total. The zero-order chi connectivity index (χ0) is 14.5. The lowest BCUT2D eigenvalue weighted by Gasteiger charge is -2.05. The highest BCUT2D eigenvalue weighted by Crippen LogP contribution is 2.32. The molecule has 0 radical (unpaired) electrons. The molecule has 0 aliphatic rings.